The number of hydrogen-bond acceptors (Lipinski definition) is 12. The number of ether oxygens (including phenoxy) is 2. The van der Waals surface area contributed by atoms with E-state index in [-0.39, 0.29) is 73.2 Å². The van der Waals surface area contributed by atoms with E-state index in [9.17, 15) is 67.1 Å². The first-order chi connectivity index (χ1) is 49.2. The van der Waals surface area contributed by atoms with Gasteiger partial charge in [0.15, 0.2) is 5.78 Å². The molecule has 3 aromatic heterocycles. The summed E-state index contributed by atoms with van der Waals surface area (Å²) in [7, 11) is 2.43. The van der Waals surface area contributed by atoms with Crippen LogP contribution >= 0.6 is 0 Å². The second-order valence-electron chi connectivity index (χ2n) is 29.3. The largest absolute Gasteiger partial charge is 0.493 e. The highest BCUT2D eigenvalue weighted by molar-refractivity contribution is 7.89. The van der Waals surface area contributed by atoms with E-state index >= 15 is 0 Å². The lowest BCUT2D eigenvalue weighted by molar-refractivity contribution is -0.146. The zero-order chi connectivity index (χ0) is 74.5. The van der Waals surface area contributed by atoms with Crippen molar-refractivity contribution < 1.29 is 83.1 Å². The van der Waals surface area contributed by atoms with Crippen LogP contribution in [0.3, 0.4) is 0 Å². The predicted octanol–water partition coefficient (Wildman–Crippen LogP) is 11.9. The molecule has 9 heterocycles. The van der Waals surface area contributed by atoms with Crippen LogP contribution in [-0.4, -0.2) is 192 Å². The SMILES string of the molecule is CN1CCn2c(C(=O)C3(C)CC3)ccc2C12CCN(C(=O)c1ccc(COCCC(F)(F)F)cc1)CC2.CN1CCn2c(C(F)(F)F)ccc2C12CCN(C(=O)c1ccc(S(=O)(=O)NC3CC3)cc1)CC2.Cc1cc(C(=O)N2CCC3(CC2)c2ccc(C(F)(F)F)n2CCN3C)ccc1OCCCO.[HH]. The Kier molecular flexibility index (Phi) is 21.7. The van der Waals surface area contributed by atoms with Gasteiger partial charge in [-0.2, -0.15) is 39.5 Å². The number of halogens is 9. The summed E-state index contributed by atoms with van der Waals surface area (Å²) < 4.78 is 161. The van der Waals surface area contributed by atoms with E-state index in [4.69, 9.17) is 14.6 Å². The number of aliphatic hydroxyl groups excluding tert-OH is 1. The summed E-state index contributed by atoms with van der Waals surface area (Å²) in [6.07, 6.45) is -6.07. The summed E-state index contributed by atoms with van der Waals surface area (Å²) in [4.78, 5) is 64.6. The average Bonchev–Trinajstić information content (AvgIpc) is 1.66. The molecular formula is C75H93F9N10O9S. The summed E-state index contributed by atoms with van der Waals surface area (Å²) in [5, 5.41) is 8.89. The number of fused-ring (bicyclic) bond motifs is 6. The molecule has 5 fully saturated rings. The van der Waals surface area contributed by atoms with Crippen molar-refractivity contribution in [2.75, 3.05) is 99.9 Å². The Morgan fingerprint density at radius 1 is 0.538 bits per heavy atom. The summed E-state index contributed by atoms with van der Waals surface area (Å²) in [5.41, 5.74) is 3.75. The van der Waals surface area contributed by atoms with Crippen LogP contribution in [0.2, 0.25) is 0 Å². The molecule has 6 aliphatic heterocycles. The highest BCUT2D eigenvalue weighted by Gasteiger charge is 2.52. The maximum Gasteiger partial charge on any atom is 0.431 e. The number of alkyl halides is 9. The molecule has 6 aromatic rings. The van der Waals surface area contributed by atoms with E-state index in [1.165, 1.54) is 45.2 Å². The number of aromatic nitrogens is 3. The van der Waals surface area contributed by atoms with Crippen LogP contribution in [0.4, 0.5) is 39.5 Å². The number of sulfonamides is 1. The molecule has 8 aliphatic rings. The lowest BCUT2D eigenvalue weighted by atomic mass is 9.81. The van der Waals surface area contributed by atoms with Gasteiger partial charge in [0.2, 0.25) is 10.0 Å². The van der Waals surface area contributed by atoms with Crippen LogP contribution < -0.4 is 9.46 Å². The molecule has 104 heavy (non-hydrogen) atoms. The van der Waals surface area contributed by atoms with Gasteiger partial charge >= 0.3 is 18.5 Å². The van der Waals surface area contributed by atoms with Gasteiger partial charge in [-0.05, 0) is 194 Å². The van der Waals surface area contributed by atoms with E-state index in [2.05, 4.69) is 44.0 Å². The van der Waals surface area contributed by atoms with Gasteiger partial charge in [0.1, 0.15) is 17.1 Å². The number of amides is 3. The fourth-order valence-electron chi connectivity index (χ4n) is 16.0. The number of aryl methyl sites for hydroxylation is 1. The number of benzene rings is 3. The minimum absolute atomic E-state index is 0. The molecule has 3 saturated heterocycles. The molecule has 0 atom stereocenters. The summed E-state index contributed by atoms with van der Waals surface area (Å²) >= 11 is 0. The summed E-state index contributed by atoms with van der Waals surface area (Å²) in [6, 6.07) is 27.7. The molecule has 2 N–H and O–H groups in total. The van der Waals surface area contributed by atoms with Crippen LogP contribution in [-0.2, 0) is 70.0 Å². The second kappa shape index (κ2) is 29.7. The fraction of sp³-hybridized carbons (Fsp3) is 0.547. The molecule has 0 bridgehead atoms. The van der Waals surface area contributed by atoms with Gasteiger partial charge < -0.3 is 43.0 Å². The Morgan fingerprint density at radius 2 is 0.962 bits per heavy atom. The molecule has 2 saturated carbocycles. The third-order valence-corrected chi connectivity index (χ3v) is 24.4. The van der Waals surface area contributed by atoms with Gasteiger partial charge in [-0.25, -0.2) is 13.1 Å². The number of piperidine rings is 3. The lowest BCUT2D eigenvalue weighted by Gasteiger charge is -2.50. The first-order valence-electron chi connectivity index (χ1n) is 35.7. The number of Topliss-reactive ketones (excluding diaryl/α,β-unsaturated/α-hetero) is 1. The van der Waals surface area contributed by atoms with Crippen LogP contribution in [0.1, 0.15) is 167 Å². The van der Waals surface area contributed by atoms with Crippen molar-refractivity contribution in [2.24, 2.45) is 5.41 Å². The monoisotopic (exact) mass is 1480 g/mol. The number of carbonyl (C=O) groups excluding carboxylic acids is 4. The average molecular weight is 1480 g/mol. The number of nitrogens with zero attached hydrogens (tertiary/aromatic N) is 9. The molecule has 29 heteroatoms. The standard InChI is InChI=1S/C28H34F3N3O3.C24H30F3N3O3.C23H27F3N4O3S.H2/c1-26(9-10-26)24(35)22-7-8-23-27(32(2)16-17-34(22)23)11-14-33(15-12-27)25(36)21-5-3-20(4-6-21)19-37-18-13-28(29,30)31;1-17-16-18(4-5-19(17)33-15-3-14-31)22(32)29-10-8-23(9-11-29)20-6-7-21(24(25,26)27)30(20)13-12-28(23)2;1-28-14-15-30-19(8-9-20(30)23(24,25)26)22(28)10-12-29(13-11-22)21(31)16-2-6-18(7-3-16)34(32,33)27-17-4-5-17;/h3-8H,9-19H2,1-2H3;4-7,16,31H,3,8-15H2,1-2H3;2-3,6-9,17,27H,4-5,10-15H2,1H3;1H. The third-order valence-electron chi connectivity index (χ3n) is 22.8. The molecule has 19 nitrogen and oxygen atoms in total. The molecule has 2 aliphatic carbocycles. The van der Waals surface area contributed by atoms with E-state index in [0.29, 0.717) is 131 Å². The molecule has 566 valence electrons. The molecular weight excluding hydrogens is 1390 g/mol. The molecule has 14 rings (SSSR count). The van der Waals surface area contributed by atoms with Gasteiger partial charge in [0.05, 0.1) is 53.4 Å². The Hall–Kier alpha value is -7.54. The number of likely N-dealkylation sites (tertiary alicyclic amines) is 3. The lowest BCUT2D eigenvalue weighted by Crippen LogP contribution is -2.56. The number of hydrogen-bond donors (Lipinski definition) is 2. The van der Waals surface area contributed by atoms with Gasteiger partial charge in [-0.3, -0.25) is 33.9 Å². The molecule has 3 aromatic carbocycles. The Bertz CT molecular complexity index is 4220. The third kappa shape index (κ3) is 15.7. The Morgan fingerprint density at radius 3 is 1.38 bits per heavy atom. The van der Waals surface area contributed by atoms with Crippen LogP contribution in [0.25, 0.3) is 0 Å². The number of aliphatic hydroxyl groups is 1. The topological polar surface area (TPSA) is 187 Å². The maximum atomic E-state index is 13.5. The van der Waals surface area contributed by atoms with Crippen molar-refractivity contribution >= 4 is 33.5 Å². The summed E-state index contributed by atoms with van der Waals surface area (Å²) in [5.74, 6) is 0.590. The fourth-order valence-corrected chi connectivity index (χ4v) is 17.3. The van der Waals surface area contributed by atoms with Crippen LogP contribution in [0, 0.1) is 12.3 Å². The zero-order valence-electron chi connectivity index (χ0n) is 59.2. The first-order valence-corrected chi connectivity index (χ1v) is 37.2. The van der Waals surface area contributed by atoms with Crippen molar-refractivity contribution in [1.82, 2.24) is 47.8 Å². The van der Waals surface area contributed by atoms with Crippen LogP contribution in [0.5, 0.6) is 5.75 Å². The Labute approximate surface area is 601 Å². The molecule has 0 unspecified atom stereocenters. The smallest absolute Gasteiger partial charge is 0.431 e. The van der Waals surface area contributed by atoms with Crippen molar-refractivity contribution in [3.63, 3.8) is 0 Å². The van der Waals surface area contributed by atoms with Gasteiger partial charge in [0.25, 0.3) is 17.7 Å². The van der Waals surface area contributed by atoms with Crippen molar-refractivity contribution in [2.45, 2.75) is 163 Å². The normalized spacial score (nSPS) is 20.0. The van der Waals surface area contributed by atoms with Crippen molar-refractivity contribution in [3.05, 3.63) is 165 Å². The van der Waals surface area contributed by atoms with Crippen molar-refractivity contribution in [3.8, 4) is 5.75 Å². The zero-order valence-corrected chi connectivity index (χ0v) is 60.1. The first kappa shape index (κ1) is 76.1. The van der Waals surface area contributed by atoms with Gasteiger partial charge in [0, 0.05) is 138 Å². The van der Waals surface area contributed by atoms with Gasteiger partial charge in [-0.15, -0.1) is 0 Å². The van der Waals surface area contributed by atoms with E-state index in [1.54, 1.807) is 64.4 Å². The second-order valence-corrected chi connectivity index (χ2v) is 31.0. The van der Waals surface area contributed by atoms with Crippen molar-refractivity contribution in [1.29, 1.82) is 0 Å². The predicted molar refractivity (Wildman–Crippen MR) is 370 cm³/mol. The number of nitrogens with one attached hydrogen (secondary N) is 1. The number of ketones is 1. The van der Waals surface area contributed by atoms with E-state index < -0.39 is 57.4 Å². The molecule has 3 spiro atoms. The molecule has 0 radical (unpaired) electrons. The Balaban J connectivity index is 0.000000157. The maximum absolute atomic E-state index is 13.5. The van der Waals surface area contributed by atoms with Crippen LogP contribution in [0.15, 0.2) is 108 Å². The van der Waals surface area contributed by atoms with E-state index in [1.807, 2.05) is 32.0 Å². The number of rotatable bonds is 16. The number of likely N-dealkylation sites (N-methyl/N-ethyl adjacent to an activating group) is 3. The minimum Gasteiger partial charge on any atom is -0.493 e. The quantitative estimate of drug-likeness (QED) is 0.0531. The summed E-state index contributed by atoms with van der Waals surface area (Å²) in [6.45, 7) is 10.3. The minimum atomic E-state index is -4.40. The van der Waals surface area contributed by atoms with E-state index in [0.717, 1.165) is 74.5 Å². The molecule has 3 amide bonds. The highest BCUT2D eigenvalue weighted by atomic mass is 32.2. The highest BCUT2D eigenvalue weighted by Crippen LogP contribution is 2.50. The number of carbonyl (C=O) groups is 4. The van der Waals surface area contributed by atoms with Gasteiger partial charge in [-0.1, -0.05) is 19.1 Å².